The van der Waals surface area contributed by atoms with E-state index in [0.29, 0.717) is 18.7 Å². The zero-order valence-electron chi connectivity index (χ0n) is 12.8. The van der Waals surface area contributed by atoms with Gasteiger partial charge in [-0.15, -0.1) is 0 Å². The van der Waals surface area contributed by atoms with Crippen LogP contribution in [0.2, 0.25) is 0 Å². The van der Waals surface area contributed by atoms with E-state index in [9.17, 15) is 8.42 Å². The molecule has 2 rings (SSSR count). The van der Waals surface area contributed by atoms with Crippen LogP contribution in [0.4, 0.5) is 0 Å². The second kappa shape index (κ2) is 6.85. The van der Waals surface area contributed by atoms with Crippen molar-refractivity contribution in [3.05, 3.63) is 42.4 Å². The fourth-order valence-electron chi connectivity index (χ4n) is 2.00. The molecule has 7 heteroatoms. The molecule has 0 amide bonds. The lowest BCUT2D eigenvalue weighted by atomic mass is 10.3. The van der Waals surface area contributed by atoms with E-state index in [1.54, 1.807) is 24.5 Å². The summed E-state index contributed by atoms with van der Waals surface area (Å²) in [6.45, 7) is 0.302. The lowest BCUT2D eigenvalue weighted by molar-refractivity contribution is 0.387. The molecule has 0 aliphatic heterocycles. The third-order valence-corrected chi connectivity index (χ3v) is 5.19. The third-order valence-electron chi connectivity index (χ3n) is 3.31. The molecular formula is C15H19NO5S. The highest BCUT2D eigenvalue weighted by Gasteiger charge is 2.25. The van der Waals surface area contributed by atoms with Crippen molar-refractivity contribution < 1.29 is 22.3 Å². The molecule has 0 N–H and O–H groups in total. The number of furan rings is 1. The van der Waals surface area contributed by atoms with Crippen molar-refractivity contribution in [3.63, 3.8) is 0 Å². The Hall–Kier alpha value is -1.99. The highest BCUT2D eigenvalue weighted by molar-refractivity contribution is 7.89. The molecule has 0 bridgehead atoms. The zero-order chi connectivity index (χ0) is 16.2. The van der Waals surface area contributed by atoms with Gasteiger partial charge in [0, 0.05) is 26.1 Å². The number of nitrogens with zero attached hydrogens (tertiary/aromatic N) is 1. The normalized spacial score (nSPS) is 11.6. The molecule has 22 heavy (non-hydrogen) atoms. The molecule has 0 saturated carbocycles. The lowest BCUT2D eigenvalue weighted by Crippen LogP contribution is -2.29. The average Bonchev–Trinajstić information content (AvgIpc) is 3.05. The molecule has 120 valence electrons. The van der Waals surface area contributed by atoms with Crippen molar-refractivity contribution in [2.45, 2.75) is 11.3 Å². The van der Waals surface area contributed by atoms with Crippen molar-refractivity contribution in [1.29, 1.82) is 0 Å². The summed E-state index contributed by atoms with van der Waals surface area (Å²) in [5.41, 5.74) is 0. The molecule has 1 heterocycles. The third kappa shape index (κ3) is 3.42. The average molecular weight is 325 g/mol. The number of ether oxygens (including phenoxy) is 2. The van der Waals surface area contributed by atoms with Gasteiger partial charge in [-0.05, 0) is 24.3 Å². The number of rotatable bonds is 7. The number of benzene rings is 1. The highest BCUT2D eigenvalue weighted by Crippen LogP contribution is 2.30. The van der Waals surface area contributed by atoms with Crippen LogP contribution in [0.1, 0.15) is 5.76 Å². The van der Waals surface area contributed by atoms with Crippen LogP contribution < -0.4 is 9.47 Å². The van der Waals surface area contributed by atoms with E-state index in [-0.39, 0.29) is 10.6 Å². The summed E-state index contributed by atoms with van der Waals surface area (Å²) in [4.78, 5) is 0.0799. The molecule has 0 aliphatic carbocycles. The molecule has 0 unspecified atom stereocenters. The van der Waals surface area contributed by atoms with Crippen LogP contribution in [0.15, 0.2) is 45.9 Å². The predicted octanol–water partition coefficient (Wildman–Crippen LogP) is 2.16. The van der Waals surface area contributed by atoms with Gasteiger partial charge < -0.3 is 13.9 Å². The predicted molar refractivity (Wildman–Crippen MR) is 81.8 cm³/mol. The lowest BCUT2D eigenvalue weighted by Gasteiger charge is -2.19. The standard InChI is InChI=1S/C15H19NO5S/c1-16(9-8-12-5-4-10-21-12)22(17,18)15-11-13(19-2)6-7-14(15)20-3/h4-7,10-11H,8-9H2,1-3H3. The van der Waals surface area contributed by atoms with Crippen LogP contribution in [0, 0.1) is 0 Å². The molecule has 0 fully saturated rings. The summed E-state index contributed by atoms with van der Waals surface area (Å²) in [6.07, 6.45) is 2.06. The molecule has 0 aliphatic rings. The zero-order valence-corrected chi connectivity index (χ0v) is 13.6. The molecule has 2 aromatic rings. The Bertz CT molecular complexity index is 710. The van der Waals surface area contributed by atoms with E-state index >= 15 is 0 Å². The number of hydrogen-bond donors (Lipinski definition) is 0. The van der Waals surface area contributed by atoms with Crippen LogP contribution in [0.5, 0.6) is 11.5 Å². The fourth-order valence-corrected chi connectivity index (χ4v) is 3.33. The first-order valence-corrected chi connectivity index (χ1v) is 8.14. The summed E-state index contributed by atoms with van der Waals surface area (Å²) in [5.74, 6) is 1.48. The quantitative estimate of drug-likeness (QED) is 0.780. The first-order valence-electron chi connectivity index (χ1n) is 6.69. The minimum Gasteiger partial charge on any atom is -0.497 e. The van der Waals surface area contributed by atoms with E-state index in [4.69, 9.17) is 13.9 Å². The van der Waals surface area contributed by atoms with E-state index in [1.165, 1.54) is 31.6 Å². The molecule has 0 radical (unpaired) electrons. The van der Waals surface area contributed by atoms with E-state index in [1.807, 2.05) is 6.07 Å². The van der Waals surface area contributed by atoms with Gasteiger partial charge in [0.2, 0.25) is 10.0 Å². The Morgan fingerprint density at radius 3 is 2.55 bits per heavy atom. The summed E-state index contributed by atoms with van der Waals surface area (Å²) in [7, 11) is 0.763. The number of hydrogen-bond acceptors (Lipinski definition) is 5. The van der Waals surface area contributed by atoms with Gasteiger partial charge in [0.1, 0.15) is 22.2 Å². The van der Waals surface area contributed by atoms with Crippen molar-refractivity contribution in [2.75, 3.05) is 27.8 Å². The van der Waals surface area contributed by atoms with Gasteiger partial charge in [0.25, 0.3) is 0 Å². The summed E-state index contributed by atoms with van der Waals surface area (Å²) in [6, 6.07) is 8.27. The molecule has 6 nitrogen and oxygen atoms in total. The fraction of sp³-hybridized carbons (Fsp3) is 0.333. The SMILES string of the molecule is COc1ccc(OC)c(S(=O)(=O)N(C)CCc2ccco2)c1. The number of sulfonamides is 1. The number of methoxy groups -OCH3 is 2. The van der Waals surface area contributed by atoms with Gasteiger partial charge in [-0.1, -0.05) is 0 Å². The first kappa shape index (κ1) is 16.4. The molecule has 0 saturated heterocycles. The Morgan fingerprint density at radius 1 is 1.18 bits per heavy atom. The van der Waals surface area contributed by atoms with Gasteiger partial charge in [-0.3, -0.25) is 0 Å². The maximum absolute atomic E-state index is 12.7. The molecule has 0 atom stereocenters. The maximum Gasteiger partial charge on any atom is 0.246 e. The van der Waals surface area contributed by atoms with Crippen molar-refractivity contribution in [1.82, 2.24) is 4.31 Å². The summed E-state index contributed by atoms with van der Waals surface area (Å²) in [5, 5.41) is 0. The minimum atomic E-state index is -3.68. The first-order chi connectivity index (χ1) is 10.5. The molecular weight excluding hydrogens is 306 g/mol. The topological polar surface area (TPSA) is 69.0 Å². The largest absolute Gasteiger partial charge is 0.497 e. The van der Waals surface area contributed by atoms with Gasteiger partial charge in [0.15, 0.2) is 0 Å². The van der Waals surface area contributed by atoms with Crippen LogP contribution in [-0.4, -0.2) is 40.5 Å². The van der Waals surface area contributed by atoms with E-state index < -0.39 is 10.0 Å². The van der Waals surface area contributed by atoms with Crippen LogP contribution in [0.3, 0.4) is 0 Å². The van der Waals surface area contributed by atoms with Crippen LogP contribution in [-0.2, 0) is 16.4 Å². The van der Waals surface area contributed by atoms with Crippen LogP contribution in [0.25, 0.3) is 0 Å². The maximum atomic E-state index is 12.7. The van der Waals surface area contributed by atoms with Crippen molar-refractivity contribution >= 4 is 10.0 Å². The number of likely N-dealkylation sites (N-methyl/N-ethyl adjacent to an activating group) is 1. The van der Waals surface area contributed by atoms with Gasteiger partial charge in [-0.25, -0.2) is 12.7 Å². The molecule has 0 spiro atoms. The van der Waals surface area contributed by atoms with Crippen LogP contribution >= 0.6 is 0 Å². The van der Waals surface area contributed by atoms with Crippen molar-refractivity contribution in [3.8, 4) is 11.5 Å². The Morgan fingerprint density at radius 2 is 1.95 bits per heavy atom. The van der Waals surface area contributed by atoms with E-state index in [2.05, 4.69) is 0 Å². The highest BCUT2D eigenvalue weighted by atomic mass is 32.2. The van der Waals surface area contributed by atoms with Gasteiger partial charge >= 0.3 is 0 Å². The Balaban J connectivity index is 2.24. The Labute approximate surface area is 130 Å². The summed E-state index contributed by atoms with van der Waals surface area (Å²) < 4.78 is 42.1. The second-order valence-corrected chi connectivity index (χ2v) is 6.69. The molecule has 1 aromatic carbocycles. The van der Waals surface area contributed by atoms with Gasteiger partial charge in [0.05, 0.1) is 20.5 Å². The van der Waals surface area contributed by atoms with E-state index in [0.717, 1.165) is 5.76 Å². The minimum absolute atomic E-state index is 0.0799. The Kier molecular flexibility index (Phi) is 5.10. The second-order valence-electron chi connectivity index (χ2n) is 4.67. The summed E-state index contributed by atoms with van der Waals surface area (Å²) >= 11 is 0. The van der Waals surface area contributed by atoms with Gasteiger partial charge in [-0.2, -0.15) is 0 Å². The monoisotopic (exact) mass is 325 g/mol. The van der Waals surface area contributed by atoms with Crippen molar-refractivity contribution in [2.24, 2.45) is 0 Å². The smallest absolute Gasteiger partial charge is 0.246 e. The molecule has 1 aromatic heterocycles.